The van der Waals surface area contributed by atoms with E-state index in [1.807, 2.05) is 18.2 Å². The van der Waals surface area contributed by atoms with E-state index in [-0.39, 0.29) is 0 Å². The Labute approximate surface area is 103 Å². The Kier molecular flexibility index (Phi) is 2.21. The van der Waals surface area contributed by atoms with Crippen molar-refractivity contribution in [2.24, 2.45) is 0 Å². The molecule has 2 heterocycles. The first-order chi connectivity index (χ1) is 8.79. The minimum atomic E-state index is 0.615. The fourth-order valence-electron chi connectivity index (χ4n) is 1.96. The van der Waals surface area contributed by atoms with E-state index in [4.69, 9.17) is 11.1 Å². The Bertz CT molecular complexity index is 752. The summed E-state index contributed by atoms with van der Waals surface area (Å²) < 4.78 is 1.58. The molecule has 0 atom stereocenters. The average Bonchev–Trinajstić information content (AvgIpc) is 2.76. The summed E-state index contributed by atoms with van der Waals surface area (Å²) in [5, 5.41) is 9.81. The summed E-state index contributed by atoms with van der Waals surface area (Å²) in [5.41, 5.74) is 3.15. The maximum Gasteiger partial charge on any atom is 0.115 e. The van der Waals surface area contributed by atoms with Crippen molar-refractivity contribution < 1.29 is 0 Å². The Morgan fingerprint density at radius 2 is 1.94 bits per heavy atom. The van der Waals surface area contributed by atoms with Crippen LogP contribution in [-0.2, 0) is 0 Å². The summed E-state index contributed by atoms with van der Waals surface area (Å²) in [6.45, 7) is 0. The van der Waals surface area contributed by atoms with Gasteiger partial charge in [0.2, 0.25) is 0 Å². The number of rotatable bonds is 1. The van der Waals surface area contributed by atoms with Gasteiger partial charge in [-0.1, -0.05) is 0 Å². The van der Waals surface area contributed by atoms with Gasteiger partial charge in [0.1, 0.15) is 6.33 Å². The second-order valence-corrected chi connectivity index (χ2v) is 3.91. The number of aromatic nitrogens is 3. The highest BCUT2D eigenvalue weighted by Crippen LogP contribution is 2.25. The summed E-state index contributed by atoms with van der Waals surface area (Å²) in [5.74, 6) is 6.04. The van der Waals surface area contributed by atoms with Crippen LogP contribution in [-0.4, -0.2) is 14.6 Å². The normalized spacial score (nSPS) is 10.4. The molecular weight excluding hydrogens is 226 g/mol. The van der Waals surface area contributed by atoms with E-state index >= 15 is 0 Å². The lowest BCUT2D eigenvalue weighted by Gasteiger charge is -2.02. The Morgan fingerprint density at radius 3 is 2.67 bits per heavy atom. The van der Waals surface area contributed by atoms with Gasteiger partial charge in [0, 0.05) is 23.3 Å². The van der Waals surface area contributed by atoms with Gasteiger partial charge in [0.05, 0.1) is 22.8 Å². The van der Waals surface area contributed by atoms with Crippen LogP contribution >= 0.6 is 0 Å². The van der Waals surface area contributed by atoms with Crippen molar-refractivity contribution in [1.82, 2.24) is 14.6 Å². The van der Waals surface area contributed by atoms with Crippen LogP contribution in [0.3, 0.4) is 0 Å². The molecule has 0 saturated heterocycles. The molecule has 0 radical (unpaired) electrons. The van der Waals surface area contributed by atoms with Crippen LogP contribution in [0.15, 0.2) is 43.0 Å². The zero-order valence-corrected chi connectivity index (χ0v) is 9.41. The lowest BCUT2D eigenvalue weighted by Crippen LogP contribution is -2.09. The van der Waals surface area contributed by atoms with Gasteiger partial charge in [-0.05, 0) is 24.3 Å². The van der Waals surface area contributed by atoms with Crippen molar-refractivity contribution in [1.29, 1.82) is 5.26 Å². The highest BCUT2D eigenvalue weighted by molar-refractivity contribution is 5.87. The predicted molar refractivity (Wildman–Crippen MR) is 67.8 cm³/mol. The molecule has 0 fully saturated rings. The molecule has 1 aromatic carbocycles. The van der Waals surface area contributed by atoms with E-state index in [1.165, 1.54) is 6.33 Å². The van der Waals surface area contributed by atoms with Gasteiger partial charge in [-0.3, -0.25) is 4.68 Å². The molecule has 0 saturated carbocycles. The van der Waals surface area contributed by atoms with Gasteiger partial charge in [0.25, 0.3) is 0 Å². The number of fused-ring (bicyclic) bond motifs is 1. The number of nitrogen functional groups attached to an aromatic ring is 1. The lowest BCUT2D eigenvalue weighted by molar-refractivity contribution is 1.06. The fourth-order valence-corrected chi connectivity index (χ4v) is 1.96. The quantitative estimate of drug-likeness (QED) is 0.651. The van der Waals surface area contributed by atoms with Crippen molar-refractivity contribution in [3.63, 3.8) is 0 Å². The Morgan fingerprint density at radius 1 is 1.17 bits per heavy atom. The first kappa shape index (κ1) is 10.3. The summed E-state index contributed by atoms with van der Waals surface area (Å²) >= 11 is 0. The van der Waals surface area contributed by atoms with E-state index in [1.54, 1.807) is 23.1 Å². The monoisotopic (exact) mass is 235 g/mol. The van der Waals surface area contributed by atoms with Crippen LogP contribution in [0.4, 0.5) is 0 Å². The zero-order valence-electron chi connectivity index (χ0n) is 9.41. The Balaban J connectivity index is 2.27. The maximum atomic E-state index is 8.88. The third kappa shape index (κ3) is 1.48. The topological polar surface area (TPSA) is 80.5 Å². The van der Waals surface area contributed by atoms with E-state index in [0.29, 0.717) is 5.56 Å². The van der Waals surface area contributed by atoms with Gasteiger partial charge in [-0.25, -0.2) is 9.97 Å². The number of hydrogen-bond acceptors (Lipinski definition) is 4. The molecular formula is C13H9N5. The van der Waals surface area contributed by atoms with Gasteiger partial charge in [-0.15, -0.1) is 0 Å². The first-order valence-electron chi connectivity index (χ1n) is 5.35. The standard InChI is InChI=1S/C13H9N5/c14-5-9-1-2-12-10(3-9)4-13(18(12)15)11-6-16-8-17-7-11/h1-4,6-8H,15H2. The number of nitriles is 1. The molecule has 3 aromatic rings. The van der Waals surface area contributed by atoms with E-state index in [0.717, 1.165) is 22.2 Å². The second-order valence-electron chi connectivity index (χ2n) is 3.91. The summed E-state index contributed by atoms with van der Waals surface area (Å²) in [6, 6.07) is 9.43. The summed E-state index contributed by atoms with van der Waals surface area (Å²) in [4.78, 5) is 7.95. The van der Waals surface area contributed by atoms with Crippen molar-refractivity contribution >= 4 is 10.9 Å². The molecule has 2 aromatic heterocycles. The first-order valence-corrected chi connectivity index (χ1v) is 5.35. The number of nitrogens with two attached hydrogens (primary N) is 1. The fraction of sp³-hybridized carbons (Fsp3) is 0. The molecule has 86 valence electrons. The van der Waals surface area contributed by atoms with Crippen LogP contribution < -0.4 is 5.84 Å². The molecule has 5 heteroatoms. The van der Waals surface area contributed by atoms with Crippen molar-refractivity contribution in [3.05, 3.63) is 48.5 Å². The van der Waals surface area contributed by atoms with E-state index in [2.05, 4.69) is 16.0 Å². The van der Waals surface area contributed by atoms with Crippen LogP contribution in [0.1, 0.15) is 5.56 Å². The SMILES string of the molecule is N#Cc1ccc2c(c1)cc(-c1cncnc1)n2N. The van der Waals surface area contributed by atoms with E-state index < -0.39 is 0 Å². The second kappa shape index (κ2) is 3.86. The molecule has 0 bridgehead atoms. The smallest absolute Gasteiger partial charge is 0.115 e. The predicted octanol–water partition coefficient (Wildman–Crippen LogP) is 1.68. The third-order valence-electron chi connectivity index (χ3n) is 2.82. The van der Waals surface area contributed by atoms with E-state index in [9.17, 15) is 0 Å². The third-order valence-corrected chi connectivity index (χ3v) is 2.82. The minimum Gasteiger partial charge on any atom is -0.339 e. The molecule has 2 N–H and O–H groups in total. The van der Waals surface area contributed by atoms with Crippen LogP contribution in [0.2, 0.25) is 0 Å². The van der Waals surface area contributed by atoms with Crippen molar-refractivity contribution in [2.75, 3.05) is 5.84 Å². The number of hydrogen-bond donors (Lipinski definition) is 1. The lowest BCUT2D eigenvalue weighted by atomic mass is 10.1. The number of benzene rings is 1. The molecule has 5 nitrogen and oxygen atoms in total. The van der Waals surface area contributed by atoms with Crippen molar-refractivity contribution in [3.8, 4) is 17.3 Å². The minimum absolute atomic E-state index is 0.615. The van der Waals surface area contributed by atoms with Crippen LogP contribution in [0.5, 0.6) is 0 Å². The molecule has 18 heavy (non-hydrogen) atoms. The molecule has 0 aliphatic rings. The molecule has 0 spiro atoms. The average molecular weight is 235 g/mol. The summed E-state index contributed by atoms with van der Waals surface area (Å²) in [7, 11) is 0. The van der Waals surface area contributed by atoms with Crippen LogP contribution in [0, 0.1) is 11.3 Å². The molecule has 0 aliphatic carbocycles. The molecule has 0 unspecified atom stereocenters. The van der Waals surface area contributed by atoms with Crippen LogP contribution in [0.25, 0.3) is 22.2 Å². The highest BCUT2D eigenvalue weighted by atomic mass is 15.3. The van der Waals surface area contributed by atoms with Gasteiger partial charge in [0.15, 0.2) is 0 Å². The Hall–Kier alpha value is -2.87. The highest BCUT2D eigenvalue weighted by Gasteiger charge is 2.09. The molecule has 0 aliphatic heterocycles. The molecule has 0 amide bonds. The van der Waals surface area contributed by atoms with Gasteiger partial charge < -0.3 is 5.84 Å². The largest absolute Gasteiger partial charge is 0.339 e. The van der Waals surface area contributed by atoms with Crippen molar-refractivity contribution in [2.45, 2.75) is 0 Å². The summed E-state index contributed by atoms with van der Waals surface area (Å²) in [6.07, 6.45) is 4.88. The van der Waals surface area contributed by atoms with Gasteiger partial charge >= 0.3 is 0 Å². The van der Waals surface area contributed by atoms with Gasteiger partial charge in [-0.2, -0.15) is 5.26 Å². The zero-order chi connectivity index (χ0) is 12.5. The molecule has 3 rings (SSSR count). The maximum absolute atomic E-state index is 8.88. The number of nitrogens with zero attached hydrogens (tertiary/aromatic N) is 4.